The number of hydrogen-bond acceptors (Lipinski definition) is 5. The maximum absolute atomic E-state index is 12.1. The number of methoxy groups -OCH3 is 2. The Hall–Kier alpha value is -3.78. The van der Waals surface area contributed by atoms with Crippen molar-refractivity contribution >= 4 is 35.3 Å². The Morgan fingerprint density at radius 1 is 1.00 bits per heavy atom. The molecule has 2 N–H and O–H groups in total. The number of nitrogens with zero attached hydrogens (tertiary/aromatic N) is 2. The van der Waals surface area contributed by atoms with E-state index >= 15 is 0 Å². The molecule has 0 radical (unpaired) electrons. The standard InChI is InChI=1S/C23H23ClN4O4/c1-14-11-16(15(2)28(14)17-9-10-20(31-3)18(24)12-17)13-25-27-23(30)22(29)26-19-7-5-6-8-21(19)32-4/h5-13H,1-4H3,(H,26,29)(H,27,30)/b25-13-. The van der Waals surface area contributed by atoms with Crippen LogP contribution in [0.4, 0.5) is 5.69 Å². The molecule has 0 bridgehead atoms. The molecule has 0 aliphatic carbocycles. The molecular formula is C23H23ClN4O4. The second-order valence-electron chi connectivity index (χ2n) is 6.83. The second-order valence-corrected chi connectivity index (χ2v) is 7.24. The first-order valence-electron chi connectivity index (χ1n) is 9.66. The summed E-state index contributed by atoms with van der Waals surface area (Å²) in [7, 11) is 3.04. The molecule has 1 heterocycles. The van der Waals surface area contributed by atoms with Gasteiger partial charge in [-0.1, -0.05) is 23.7 Å². The molecule has 8 nitrogen and oxygen atoms in total. The number of para-hydroxylation sites is 2. The van der Waals surface area contributed by atoms with Gasteiger partial charge in [-0.15, -0.1) is 0 Å². The number of hydrogen-bond donors (Lipinski definition) is 2. The van der Waals surface area contributed by atoms with Gasteiger partial charge in [-0.25, -0.2) is 5.43 Å². The monoisotopic (exact) mass is 454 g/mol. The van der Waals surface area contributed by atoms with Crippen LogP contribution in [0.3, 0.4) is 0 Å². The van der Waals surface area contributed by atoms with Crippen LogP contribution in [0.2, 0.25) is 5.02 Å². The third-order valence-corrected chi connectivity index (χ3v) is 5.09. The number of aromatic nitrogens is 1. The molecule has 0 spiro atoms. The maximum Gasteiger partial charge on any atom is 0.329 e. The molecule has 0 atom stereocenters. The normalized spacial score (nSPS) is 10.8. The van der Waals surface area contributed by atoms with Crippen LogP contribution in [0.5, 0.6) is 11.5 Å². The largest absolute Gasteiger partial charge is 0.495 e. The van der Waals surface area contributed by atoms with E-state index in [0.29, 0.717) is 22.2 Å². The number of aryl methyl sites for hydroxylation is 1. The van der Waals surface area contributed by atoms with Gasteiger partial charge >= 0.3 is 11.8 Å². The highest BCUT2D eigenvalue weighted by Crippen LogP contribution is 2.29. The van der Waals surface area contributed by atoms with Crippen molar-refractivity contribution in [1.29, 1.82) is 0 Å². The molecule has 0 saturated carbocycles. The van der Waals surface area contributed by atoms with E-state index in [9.17, 15) is 9.59 Å². The van der Waals surface area contributed by atoms with E-state index in [-0.39, 0.29) is 0 Å². The van der Waals surface area contributed by atoms with Gasteiger partial charge < -0.3 is 19.4 Å². The highest BCUT2D eigenvalue weighted by atomic mass is 35.5. The summed E-state index contributed by atoms with van der Waals surface area (Å²) < 4.78 is 12.4. The van der Waals surface area contributed by atoms with Crippen LogP contribution in [0, 0.1) is 13.8 Å². The van der Waals surface area contributed by atoms with Crippen molar-refractivity contribution in [3.63, 3.8) is 0 Å². The van der Waals surface area contributed by atoms with Crippen molar-refractivity contribution in [3.8, 4) is 17.2 Å². The highest BCUT2D eigenvalue weighted by molar-refractivity contribution is 6.39. The minimum Gasteiger partial charge on any atom is -0.495 e. The van der Waals surface area contributed by atoms with Gasteiger partial charge in [0.15, 0.2) is 0 Å². The molecule has 0 aliphatic heterocycles. The third kappa shape index (κ3) is 4.92. The lowest BCUT2D eigenvalue weighted by Gasteiger charge is -2.11. The number of ether oxygens (including phenoxy) is 2. The molecule has 0 fully saturated rings. The van der Waals surface area contributed by atoms with Crippen molar-refractivity contribution in [1.82, 2.24) is 9.99 Å². The van der Waals surface area contributed by atoms with Crippen molar-refractivity contribution in [2.45, 2.75) is 13.8 Å². The smallest absolute Gasteiger partial charge is 0.329 e. The van der Waals surface area contributed by atoms with E-state index in [2.05, 4.69) is 15.8 Å². The Kier molecular flexibility index (Phi) is 7.17. The van der Waals surface area contributed by atoms with Crippen molar-refractivity contribution in [2.24, 2.45) is 5.10 Å². The summed E-state index contributed by atoms with van der Waals surface area (Å²) in [5.41, 5.74) is 6.11. The average molecular weight is 455 g/mol. The summed E-state index contributed by atoms with van der Waals surface area (Å²) in [4.78, 5) is 24.2. The molecule has 1 aromatic heterocycles. The number of benzene rings is 2. The van der Waals surface area contributed by atoms with Gasteiger partial charge in [-0.05, 0) is 50.2 Å². The fourth-order valence-corrected chi connectivity index (χ4v) is 3.50. The van der Waals surface area contributed by atoms with Crippen LogP contribution < -0.4 is 20.2 Å². The van der Waals surface area contributed by atoms with E-state index in [1.165, 1.54) is 13.3 Å². The summed E-state index contributed by atoms with van der Waals surface area (Å²) in [6.07, 6.45) is 1.48. The number of halogens is 1. The summed E-state index contributed by atoms with van der Waals surface area (Å²) in [5.74, 6) is -0.718. The zero-order valence-electron chi connectivity index (χ0n) is 18.1. The van der Waals surface area contributed by atoms with E-state index < -0.39 is 11.8 Å². The van der Waals surface area contributed by atoms with Crippen molar-refractivity contribution in [2.75, 3.05) is 19.5 Å². The molecule has 2 aromatic carbocycles. The van der Waals surface area contributed by atoms with Gasteiger partial charge in [-0.3, -0.25) is 9.59 Å². The molecule has 2 amide bonds. The average Bonchev–Trinajstić information content (AvgIpc) is 3.06. The lowest BCUT2D eigenvalue weighted by atomic mass is 10.2. The lowest BCUT2D eigenvalue weighted by molar-refractivity contribution is -0.136. The molecule has 0 saturated heterocycles. The Bertz CT molecular complexity index is 1190. The van der Waals surface area contributed by atoms with Gasteiger partial charge in [-0.2, -0.15) is 5.10 Å². The lowest BCUT2D eigenvalue weighted by Crippen LogP contribution is -2.32. The molecule has 166 valence electrons. The molecule has 0 aliphatic rings. The summed E-state index contributed by atoms with van der Waals surface area (Å²) in [6, 6.07) is 14.2. The number of carbonyl (C=O) groups is 2. The zero-order chi connectivity index (χ0) is 23.3. The van der Waals surface area contributed by atoms with Gasteiger partial charge in [0.1, 0.15) is 11.5 Å². The Morgan fingerprint density at radius 3 is 2.41 bits per heavy atom. The number of anilines is 1. The minimum atomic E-state index is -0.900. The Labute approximate surface area is 190 Å². The van der Waals surface area contributed by atoms with Crippen molar-refractivity contribution < 1.29 is 19.1 Å². The van der Waals surface area contributed by atoms with Crippen LogP contribution in [0.15, 0.2) is 53.6 Å². The summed E-state index contributed by atoms with van der Waals surface area (Å²) >= 11 is 6.26. The number of hydrazone groups is 1. The van der Waals surface area contributed by atoms with Crippen LogP contribution in [0.25, 0.3) is 5.69 Å². The number of carbonyl (C=O) groups excluding carboxylic acids is 2. The van der Waals surface area contributed by atoms with Crippen LogP contribution in [-0.2, 0) is 9.59 Å². The molecule has 9 heteroatoms. The van der Waals surface area contributed by atoms with E-state index in [1.54, 1.807) is 37.4 Å². The van der Waals surface area contributed by atoms with Crippen LogP contribution >= 0.6 is 11.6 Å². The topological polar surface area (TPSA) is 94.0 Å². The van der Waals surface area contributed by atoms with E-state index in [4.69, 9.17) is 21.1 Å². The fourth-order valence-electron chi connectivity index (χ4n) is 3.25. The van der Waals surface area contributed by atoms with Crippen LogP contribution in [-0.4, -0.2) is 36.8 Å². The SMILES string of the molecule is COc1ccc(-n2c(C)cc(/C=N\NC(=O)C(=O)Nc3ccccc3OC)c2C)cc1Cl. The minimum absolute atomic E-state index is 0.390. The molecule has 32 heavy (non-hydrogen) atoms. The first kappa shape index (κ1) is 22.9. The van der Waals surface area contributed by atoms with Gasteiger partial charge in [0, 0.05) is 22.6 Å². The van der Waals surface area contributed by atoms with E-state index in [0.717, 1.165) is 22.6 Å². The van der Waals surface area contributed by atoms with Crippen LogP contribution in [0.1, 0.15) is 17.0 Å². The number of nitrogens with one attached hydrogen (secondary N) is 2. The quantitative estimate of drug-likeness (QED) is 0.336. The highest BCUT2D eigenvalue weighted by Gasteiger charge is 2.15. The second kappa shape index (κ2) is 10.0. The van der Waals surface area contributed by atoms with Gasteiger partial charge in [0.05, 0.1) is 31.1 Å². The zero-order valence-corrected chi connectivity index (χ0v) is 18.9. The van der Waals surface area contributed by atoms with Gasteiger partial charge in [0.25, 0.3) is 0 Å². The summed E-state index contributed by atoms with van der Waals surface area (Å²) in [5, 5.41) is 6.92. The molecule has 3 rings (SSSR count). The molecular weight excluding hydrogens is 432 g/mol. The Morgan fingerprint density at radius 2 is 1.72 bits per heavy atom. The number of rotatable bonds is 6. The summed E-state index contributed by atoms with van der Waals surface area (Å²) in [6.45, 7) is 3.87. The third-order valence-electron chi connectivity index (χ3n) is 4.79. The number of amides is 2. The fraction of sp³-hybridized carbons (Fsp3) is 0.174. The predicted molar refractivity (Wildman–Crippen MR) is 124 cm³/mol. The Balaban J connectivity index is 1.70. The van der Waals surface area contributed by atoms with Gasteiger partial charge in [0.2, 0.25) is 0 Å². The molecule has 3 aromatic rings. The van der Waals surface area contributed by atoms with E-state index in [1.807, 2.05) is 36.6 Å². The van der Waals surface area contributed by atoms with Crippen molar-refractivity contribution in [3.05, 3.63) is 70.5 Å². The first-order valence-corrected chi connectivity index (χ1v) is 10.0. The predicted octanol–water partition coefficient (Wildman–Crippen LogP) is 3.85. The maximum atomic E-state index is 12.1. The first-order chi connectivity index (χ1) is 15.3. The molecule has 0 unspecified atom stereocenters.